The van der Waals surface area contributed by atoms with Crippen LogP contribution in [0.3, 0.4) is 0 Å². The summed E-state index contributed by atoms with van der Waals surface area (Å²) in [6, 6.07) is 1.51. The van der Waals surface area contributed by atoms with Crippen LogP contribution in [0.2, 0.25) is 0 Å². The molecule has 0 saturated carbocycles. The molecule has 0 radical (unpaired) electrons. The van der Waals surface area contributed by atoms with Crippen LogP contribution >= 0.6 is 0 Å². The van der Waals surface area contributed by atoms with Crippen molar-refractivity contribution in [3.05, 3.63) is 23.3 Å². The van der Waals surface area contributed by atoms with Gasteiger partial charge in [-0.2, -0.15) is 13.2 Å². The van der Waals surface area contributed by atoms with Crippen molar-refractivity contribution in [3.8, 4) is 11.5 Å². The first kappa shape index (κ1) is 18.1. The number of nitrogens with two attached hydrogens (primary N) is 1. The Hall–Kier alpha value is -1.96. The van der Waals surface area contributed by atoms with Crippen LogP contribution in [0.1, 0.15) is 37.3 Å². The highest BCUT2D eigenvalue weighted by Gasteiger charge is 2.38. The summed E-state index contributed by atoms with van der Waals surface area (Å²) in [4.78, 5) is 11.3. The van der Waals surface area contributed by atoms with Crippen molar-refractivity contribution >= 4 is 5.97 Å². The summed E-state index contributed by atoms with van der Waals surface area (Å²) in [6.07, 6.45) is -3.92. The Balaban J connectivity index is 3.17. The van der Waals surface area contributed by atoms with Crippen molar-refractivity contribution in [2.75, 3.05) is 0 Å². The van der Waals surface area contributed by atoms with Crippen LogP contribution in [0.5, 0.6) is 11.5 Å². The average molecular weight is 321 g/mol. The second-order valence-corrected chi connectivity index (χ2v) is 5.21. The zero-order valence-corrected chi connectivity index (χ0v) is 11.9. The molecule has 0 spiro atoms. The number of carboxylic acids is 1. The number of phenols is 2. The number of unbranched alkanes of at least 4 members (excludes halogenated alkanes) is 1. The number of aromatic hydroxyl groups is 2. The van der Waals surface area contributed by atoms with Gasteiger partial charge in [-0.25, -0.2) is 0 Å². The predicted octanol–water partition coefficient (Wildman–Crippen LogP) is 2.63. The SMILES string of the molecule is CCCC[C@](N)(Cc1ccc(C(F)(F)F)c(O)c1O)C(=O)O. The molecule has 22 heavy (non-hydrogen) atoms. The normalized spacial score (nSPS) is 14.6. The van der Waals surface area contributed by atoms with Crippen LogP contribution in [0.25, 0.3) is 0 Å². The maximum absolute atomic E-state index is 12.6. The molecule has 0 amide bonds. The van der Waals surface area contributed by atoms with Crippen LogP contribution in [-0.2, 0) is 17.4 Å². The molecular formula is C14H18F3NO4. The number of alkyl halides is 3. The molecule has 0 fully saturated rings. The first-order chi connectivity index (χ1) is 10.0. The molecule has 0 aliphatic carbocycles. The van der Waals surface area contributed by atoms with Gasteiger partial charge >= 0.3 is 12.1 Å². The van der Waals surface area contributed by atoms with Gasteiger partial charge in [0.15, 0.2) is 11.5 Å². The Labute approximate surface area is 125 Å². The second-order valence-electron chi connectivity index (χ2n) is 5.21. The molecule has 8 heteroatoms. The molecule has 1 aromatic carbocycles. The fraction of sp³-hybridized carbons (Fsp3) is 0.500. The smallest absolute Gasteiger partial charge is 0.420 e. The van der Waals surface area contributed by atoms with Crippen LogP contribution in [0, 0.1) is 0 Å². The lowest BCUT2D eigenvalue weighted by molar-refractivity contribution is -0.144. The largest absolute Gasteiger partial charge is 0.504 e. The van der Waals surface area contributed by atoms with Gasteiger partial charge in [0.25, 0.3) is 0 Å². The molecular weight excluding hydrogens is 303 g/mol. The molecule has 1 atom stereocenters. The van der Waals surface area contributed by atoms with Crippen LogP contribution in [-0.4, -0.2) is 26.8 Å². The van der Waals surface area contributed by atoms with E-state index in [0.717, 1.165) is 6.07 Å². The molecule has 124 valence electrons. The van der Waals surface area contributed by atoms with Gasteiger partial charge in [-0.3, -0.25) is 4.79 Å². The van der Waals surface area contributed by atoms with Crippen LogP contribution in [0.4, 0.5) is 13.2 Å². The number of hydrogen-bond acceptors (Lipinski definition) is 4. The van der Waals surface area contributed by atoms with E-state index in [1.807, 2.05) is 6.92 Å². The fourth-order valence-corrected chi connectivity index (χ4v) is 2.10. The van der Waals surface area contributed by atoms with E-state index >= 15 is 0 Å². The monoisotopic (exact) mass is 321 g/mol. The molecule has 5 nitrogen and oxygen atoms in total. The first-order valence-corrected chi connectivity index (χ1v) is 6.66. The van der Waals surface area contributed by atoms with Crippen molar-refractivity contribution in [2.45, 2.75) is 44.3 Å². The Kier molecular flexibility index (Phi) is 5.29. The van der Waals surface area contributed by atoms with Gasteiger partial charge in [0.05, 0.1) is 0 Å². The lowest BCUT2D eigenvalue weighted by Gasteiger charge is -2.25. The van der Waals surface area contributed by atoms with Gasteiger partial charge < -0.3 is 21.1 Å². The molecule has 1 rings (SSSR count). The minimum absolute atomic E-state index is 0.0973. The van der Waals surface area contributed by atoms with Crippen molar-refractivity contribution in [1.82, 2.24) is 0 Å². The molecule has 0 aliphatic rings. The van der Waals surface area contributed by atoms with E-state index in [2.05, 4.69) is 0 Å². The summed E-state index contributed by atoms with van der Waals surface area (Å²) < 4.78 is 37.8. The fourth-order valence-electron chi connectivity index (χ4n) is 2.10. The number of hydrogen-bond donors (Lipinski definition) is 4. The summed E-state index contributed by atoms with van der Waals surface area (Å²) in [7, 11) is 0. The Morgan fingerprint density at radius 2 is 1.82 bits per heavy atom. The van der Waals surface area contributed by atoms with Gasteiger partial charge in [0.1, 0.15) is 11.1 Å². The van der Waals surface area contributed by atoms with E-state index in [4.69, 9.17) is 5.73 Å². The van der Waals surface area contributed by atoms with Gasteiger partial charge in [-0.1, -0.05) is 25.8 Å². The second kappa shape index (κ2) is 6.43. The standard InChI is InChI=1S/C14H18F3NO4/c1-2-3-6-13(18,12(21)22)7-8-4-5-9(14(15,16)17)11(20)10(8)19/h4-5,19-20H,2-3,6-7,18H2,1H3,(H,21,22)/t13-/m0/s1. The van der Waals surface area contributed by atoms with E-state index in [0.29, 0.717) is 18.9 Å². The third kappa shape index (κ3) is 3.82. The zero-order chi connectivity index (χ0) is 17.1. The highest BCUT2D eigenvalue weighted by Crippen LogP contribution is 2.42. The Morgan fingerprint density at radius 1 is 1.23 bits per heavy atom. The van der Waals surface area contributed by atoms with Gasteiger partial charge in [0, 0.05) is 12.0 Å². The van der Waals surface area contributed by atoms with E-state index in [-0.39, 0.29) is 18.4 Å². The van der Waals surface area contributed by atoms with E-state index < -0.39 is 34.7 Å². The minimum Gasteiger partial charge on any atom is -0.504 e. The number of carboxylic acid groups (broad SMARTS) is 1. The summed E-state index contributed by atoms with van der Waals surface area (Å²) in [5.41, 5.74) is 2.53. The zero-order valence-electron chi connectivity index (χ0n) is 11.9. The summed E-state index contributed by atoms with van der Waals surface area (Å²) in [5, 5.41) is 28.4. The summed E-state index contributed by atoms with van der Waals surface area (Å²) in [6.45, 7) is 1.84. The van der Waals surface area contributed by atoms with Crippen molar-refractivity contribution in [2.24, 2.45) is 5.73 Å². The maximum Gasteiger partial charge on any atom is 0.420 e. The number of phenolic OH excluding ortho intramolecular Hbond substituents is 2. The molecule has 1 aromatic rings. The van der Waals surface area contributed by atoms with Crippen LogP contribution in [0.15, 0.2) is 12.1 Å². The molecule has 0 aromatic heterocycles. The number of halogens is 3. The highest BCUT2D eigenvalue weighted by atomic mass is 19.4. The molecule has 5 N–H and O–H groups in total. The topological polar surface area (TPSA) is 104 Å². The lowest BCUT2D eigenvalue weighted by atomic mass is 9.86. The van der Waals surface area contributed by atoms with Crippen molar-refractivity contribution in [1.29, 1.82) is 0 Å². The van der Waals surface area contributed by atoms with Crippen LogP contribution < -0.4 is 5.73 Å². The molecule has 0 saturated heterocycles. The third-order valence-electron chi connectivity index (χ3n) is 3.45. The predicted molar refractivity (Wildman–Crippen MR) is 72.6 cm³/mol. The number of rotatable bonds is 6. The Morgan fingerprint density at radius 3 is 2.27 bits per heavy atom. The lowest BCUT2D eigenvalue weighted by Crippen LogP contribution is -2.49. The number of benzene rings is 1. The molecule has 0 heterocycles. The minimum atomic E-state index is -4.82. The third-order valence-corrected chi connectivity index (χ3v) is 3.45. The number of aliphatic carboxylic acids is 1. The van der Waals surface area contributed by atoms with E-state index in [1.165, 1.54) is 0 Å². The van der Waals surface area contributed by atoms with Crippen molar-refractivity contribution < 1.29 is 33.3 Å². The first-order valence-electron chi connectivity index (χ1n) is 6.66. The summed E-state index contributed by atoms with van der Waals surface area (Å²) in [5.74, 6) is -3.64. The Bertz CT molecular complexity index is 560. The highest BCUT2D eigenvalue weighted by molar-refractivity contribution is 5.79. The van der Waals surface area contributed by atoms with E-state index in [1.54, 1.807) is 0 Å². The van der Waals surface area contributed by atoms with Crippen molar-refractivity contribution in [3.63, 3.8) is 0 Å². The molecule has 0 unspecified atom stereocenters. The van der Waals surface area contributed by atoms with E-state index in [9.17, 15) is 33.3 Å². The maximum atomic E-state index is 12.6. The molecule has 0 bridgehead atoms. The quantitative estimate of drug-likeness (QED) is 0.603. The number of carbonyl (C=O) groups is 1. The van der Waals surface area contributed by atoms with Gasteiger partial charge in [-0.15, -0.1) is 0 Å². The van der Waals surface area contributed by atoms with Gasteiger partial charge in [0.2, 0.25) is 0 Å². The molecule has 0 aliphatic heterocycles. The average Bonchev–Trinajstić information content (AvgIpc) is 2.40. The van der Waals surface area contributed by atoms with Gasteiger partial charge in [-0.05, 0) is 12.5 Å². The summed E-state index contributed by atoms with van der Waals surface area (Å²) >= 11 is 0.